The van der Waals surface area contributed by atoms with E-state index in [9.17, 15) is 19.5 Å². The molecule has 26 heavy (non-hydrogen) atoms. The Bertz CT molecular complexity index is 1080. The molecule has 2 N–H and O–H groups in total. The highest BCUT2D eigenvalue weighted by atomic mass is 16.5. The van der Waals surface area contributed by atoms with E-state index in [1.165, 1.54) is 30.9 Å². The monoisotopic (exact) mass is 352 g/mol. The quantitative estimate of drug-likeness (QED) is 0.705. The predicted molar refractivity (Wildman–Crippen MR) is 96.6 cm³/mol. The largest absolute Gasteiger partial charge is 0.506 e. The zero-order valence-electron chi connectivity index (χ0n) is 14.1. The first-order chi connectivity index (χ1) is 12.5. The molecule has 132 valence electrons. The number of esters is 1. The van der Waals surface area contributed by atoms with Crippen molar-refractivity contribution in [3.63, 3.8) is 0 Å². The fourth-order valence-electron chi connectivity index (χ4n) is 2.75. The molecule has 1 heterocycles. The van der Waals surface area contributed by atoms with Crippen LogP contribution in [0.2, 0.25) is 0 Å². The molecule has 7 nitrogen and oxygen atoms in total. The van der Waals surface area contributed by atoms with E-state index < -0.39 is 28.7 Å². The van der Waals surface area contributed by atoms with Gasteiger partial charge in [-0.2, -0.15) is 0 Å². The fourth-order valence-corrected chi connectivity index (χ4v) is 2.75. The zero-order valence-corrected chi connectivity index (χ0v) is 14.1. The molecule has 1 aromatic heterocycles. The lowest BCUT2D eigenvalue weighted by Gasteiger charge is -2.13. The molecule has 7 heteroatoms. The third-order valence-electron chi connectivity index (χ3n) is 4.08. The van der Waals surface area contributed by atoms with Gasteiger partial charge in [-0.05, 0) is 24.3 Å². The lowest BCUT2D eigenvalue weighted by atomic mass is 10.1. The highest BCUT2D eigenvalue weighted by Gasteiger charge is 2.22. The number of hydrogen-bond donors (Lipinski definition) is 2. The Morgan fingerprint density at radius 2 is 1.73 bits per heavy atom. The molecular weight excluding hydrogens is 336 g/mol. The lowest BCUT2D eigenvalue weighted by molar-refractivity contribution is 0.0602. The number of rotatable bonds is 3. The first kappa shape index (κ1) is 17.2. The van der Waals surface area contributed by atoms with Crippen LogP contribution in [0, 0.1) is 0 Å². The second-order valence-corrected chi connectivity index (χ2v) is 5.60. The number of aromatic hydroxyl groups is 1. The molecule has 3 rings (SSSR count). The molecule has 0 aliphatic heterocycles. The smallest absolute Gasteiger partial charge is 0.339 e. The molecule has 1 amide bonds. The topological polar surface area (TPSA) is 97.6 Å². The third kappa shape index (κ3) is 2.79. The maximum atomic E-state index is 12.7. The first-order valence-electron chi connectivity index (χ1n) is 7.75. The summed E-state index contributed by atoms with van der Waals surface area (Å²) in [5.41, 5.74) is -0.221. The molecule has 0 atom stereocenters. The number of ether oxygens (including phenoxy) is 1. The van der Waals surface area contributed by atoms with E-state index in [2.05, 4.69) is 10.1 Å². The van der Waals surface area contributed by atoms with Crippen LogP contribution in [0.1, 0.15) is 20.7 Å². The minimum absolute atomic E-state index is 0.139. The van der Waals surface area contributed by atoms with E-state index in [-0.39, 0.29) is 11.3 Å². The molecule has 0 aliphatic carbocycles. The van der Waals surface area contributed by atoms with Gasteiger partial charge in [-0.15, -0.1) is 0 Å². The SMILES string of the molecule is COC(=O)c1ccccc1NC(=O)c1c(O)c2ccccc2n(C)c1=O. The molecule has 0 saturated heterocycles. The van der Waals surface area contributed by atoms with Crippen LogP contribution in [0.3, 0.4) is 0 Å². The number of anilines is 1. The van der Waals surface area contributed by atoms with Crippen LogP contribution in [0.15, 0.2) is 53.3 Å². The summed E-state index contributed by atoms with van der Waals surface area (Å²) in [6, 6.07) is 12.9. The molecule has 0 aliphatic rings. The summed E-state index contributed by atoms with van der Waals surface area (Å²) >= 11 is 0. The van der Waals surface area contributed by atoms with Crippen molar-refractivity contribution in [2.45, 2.75) is 0 Å². The van der Waals surface area contributed by atoms with Crippen molar-refractivity contribution in [2.24, 2.45) is 7.05 Å². The number of nitrogens with zero attached hydrogens (tertiary/aromatic N) is 1. The molecule has 3 aromatic rings. The average Bonchev–Trinajstić information content (AvgIpc) is 2.66. The van der Waals surface area contributed by atoms with Gasteiger partial charge >= 0.3 is 5.97 Å². The second kappa shape index (κ2) is 6.72. The van der Waals surface area contributed by atoms with E-state index >= 15 is 0 Å². The maximum Gasteiger partial charge on any atom is 0.339 e. The molecule has 0 spiro atoms. The summed E-state index contributed by atoms with van der Waals surface area (Å²) < 4.78 is 5.97. The number of aromatic nitrogens is 1. The number of fused-ring (bicyclic) bond motifs is 1. The molecule has 0 saturated carbocycles. The van der Waals surface area contributed by atoms with Crippen molar-refractivity contribution in [1.82, 2.24) is 4.57 Å². The minimum atomic E-state index is -0.815. The summed E-state index contributed by atoms with van der Waals surface area (Å²) in [4.78, 5) is 37.1. The lowest BCUT2D eigenvalue weighted by Crippen LogP contribution is -2.28. The van der Waals surface area contributed by atoms with Gasteiger partial charge in [-0.1, -0.05) is 24.3 Å². The van der Waals surface area contributed by atoms with Gasteiger partial charge < -0.3 is 19.7 Å². The summed E-state index contributed by atoms with van der Waals surface area (Å²) in [5, 5.41) is 13.3. The van der Waals surface area contributed by atoms with E-state index in [0.29, 0.717) is 10.9 Å². The minimum Gasteiger partial charge on any atom is -0.506 e. The van der Waals surface area contributed by atoms with Crippen LogP contribution in [-0.2, 0) is 11.8 Å². The summed E-state index contributed by atoms with van der Waals surface area (Å²) in [7, 11) is 2.75. The second-order valence-electron chi connectivity index (χ2n) is 5.60. The summed E-state index contributed by atoms with van der Waals surface area (Å²) in [6.07, 6.45) is 0. The number of carbonyl (C=O) groups is 2. The van der Waals surface area contributed by atoms with Crippen molar-refractivity contribution < 1.29 is 19.4 Å². The Balaban J connectivity index is 2.11. The predicted octanol–water partition coefficient (Wildman–Crippen LogP) is 2.28. The van der Waals surface area contributed by atoms with Crippen molar-refractivity contribution in [3.05, 3.63) is 70.0 Å². The standard InChI is InChI=1S/C19H16N2O5/c1-21-14-10-6-4-8-12(14)16(22)15(18(21)24)17(23)20-13-9-5-3-7-11(13)19(25)26-2/h3-10,22H,1-2H3,(H,20,23). The number of pyridine rings is 1. The van der Waals surface area contributed by atoms with Crippen molar-refractivity contribution in [1.29, 1.82) is 0 Å². The van der Waals surface area contributed by atoms with Gasteiger partial charge in [0.05, 0.1) is 23.9 Å². The molecular formula is C19H16N2O5. The maximum absolute atomic E-state index is 12.7. The van der Waals surface area contributed by atoms with Crippen LogP contribution >= 0.6 is 0 Å². The number of hydrogen-bond acceptors (Lipinski definition) is 5. The number of amides is 1. The number of nitrogens with one attached hydrogen (secondary N) is 1. The Kier molecular flexibility index (Phi) is 4.45. The highest BCUT2D eigenvalue weighted by Crippen LogP contribution is 2.26. The van der Waals surface area contributed by atoms with Gasteiger partial charge in [0.1, 0.15) is 11.3 Å². The van der Waals surface area contributed by atoms with E-state index in [4.69, 9.17) is 0 Å². The summed E-state index contributed by atoms with van der Waals surface area (Å²) in [5.74, 6) is -1.85. The van der Waals surface area contributed by atoms with Gasteiger partial charge in [0.25, 0.3) is 11.5 Å². The molecule has 0 unspecified atom stereocenters. The van der Waals surface area contributed by atoms with Gasteiger partial charge in [-0.3, -0.25) is 9.59 Å². The van der Waals surface area contributed by atoms with Crippen LogP contribution < -0.4 is 10.9 Å². The Hall–Kier alpha value is -3.61. The molecule has 0 bridgehead atoms. The van der Waals surface area contributed by atoms with Crippen molar-refractivity contribution in [2.75, 3.05) is 12.4 Å². The Labute approximate surface area is 148 Å². The van der Waals surface area contributed by atoms with Crippen LogP contribution in [0.4, 0.5) is 5.69 Å². The fraction of sp³-hybridized carbons (Fsp3) is 0.105. The van der Waals surface area contributed by atoms with Gasteiger partial charge in [-0.25, -0.2) is 4.79 Å². The highest BCUT2D eigenvalue weighted by molar-refractivity contribution is 6.11. The number of carbonyl (C=O) groups excluding carboxylic acids is 2. The number of benzene rings is 2. The van der Waals surface area contributed by atoms with E-state index in [1.807, 2.05) is 0 Å². The van der Waals surface area contributed by atoms with E-state index in [1.54, 1.807) is 36.4 Å². The van der Waals surface area contributed by atoms with Crippen LogP contribution in [0.25, 0.3) is 10.9 Å². The van der Waals surface area contributed by atoms with Gasteiger partial charge in [0.2, 0.25) is 0 Å². The first-order valence-corrected chi connectivity index (χ1v) is 7.75. The Morgan fingerprint density at radius 1 is 1.08 bits per heavy atom. The molecule has 0 radical (unpaired) electrons. The van der Waals surface area contributed by atoms with E-state index in [0.717, 1.165) is 0 Å². The van der Waals surface area contributed by atoms with Gasteiger partial charge in [0.15, 0.2) is 0 Å². The van der Waals surface area contributed by atoms with Gasteiger partial charge in [0, 0.05) is 12.4 Å². The summed E-state index contributed by atoms with van der Waals surface area (Å²) in [6.45, 7) is 0. The average molecular weight is 352 g/mol. The number of methoxy groups -OCH3 is 1. The number of aryl methyl sites for hydroxylation is 1. The van der Waals surface area contributed by atoms with Crippen molar-refractivity contribution in [3.8, 4) is 5.75 Å². The Morgan fingerprint density at radius 3 is 2.46 bits per heavy atom. The van der Waals surface area contributed by atoms with Crippen molar-refractivity contribution >= 4 is 28.5 Å². The van der Waals surface area contributed by atoms with Crippen LogP contribution in [0.5, 0.6) is 5.75 Å². The zero-order chi connectivity index (χ0) is 18.8. The molecule has 0 fully saturated rings. The normalized spacial score (nSPS) is 10.5. The number of para-hydroxylation sites is 2. The third-order valence-corrected chi connectivity index (χ3v) is 4.08. The van der Waals surface area contributed by atoms with Crippen LogP contribution in [-0.4, -0.2) is 28.7 Å². The molecule has 2 aromatic carbocycles.